The molecule has 0 spiro atoms. The molecule has 1 aromatic rings. The quantitative estimate of drug-likeness (QED) is 0.750. The van der Waals surface area contributed by atoms with Crippen LogP contribution in [0, 0.1) is 0 Å². The van der Waals surface area contributed by atoms with Crippen LogP contribution in [-0.2, 0) is 14.9 Å². The van der Waals surface area contributed by atoms with Gasteiger partial charge in [-0.25, -0.2) is 14.3 Å². The van der Waals surface area contributed by atoms with Gasteiger partial charge in [0.1, 0.15) is 0 Å². The SMILES string of the molecule is CC(C)OC(=O)NS(=O)(=O)Nc1cccc(C(=O)O)c1. The second kappa shape index (κ2) is 6.24. The number of anilines is 1. The average Bonchev–Trinajstić information content (AvgIpc) is 2.26. The molecule has 0 saturated carbocycles. The minimum absolute atomic E-state index is 0.00902. The van der Waals surface area contributed by atoms with Crippen molar-refractivity contribution in [3.05, 3.63) is 29.8 Å². The number of carboxylic acid groups (broad SMARTS) is 1. The third-order valence-corrected chi connectivity index (χ3v) is 2.86. The molecule has 1 rings (SSSR count). The van der Waals surface area contributed by atoms with Crippen LogP contribution in [0.25, 0.3) is 0 Å². The van der Waals surface area contributed by atoms with Crippen LogP contribution < -0.4 is 9.44 Å². The molecule has 0 aromatic heterocycles. The molecule has 8 nitrogen and oxygen atoms in total. The van der Waals surface area contributed by atoms with Crippen LogP contribution in [0.4, 0.5) is 10.5 Å². The Bertz CT molecular complexity index is 611. The molecule has 0 saturated heterocycles. The maximum Gasteiger partial charge on any atom is 0.422 e. The van der Waals surface area contributed by atoms with E-state index in [1.807, 2.05) is 4.72 Å². The average molecular weight is 302 g/mol. The molecule has 0 radical (unpaired) electrons. The first-order valence-corrected chi connectivity index (χ1v) is 7.02. The molecule has 0 heterocycles. The smallest absolute Gasteiger partial charge is 0.422 e. The van der Waals surface area contributed by atoms with Crippen molar-refractivity contribution in [2.24, 2.45) is 0 Å². The molecule has 0 bridgehead atoms. The number of carbonyl (C=O) groups is 2. The van der Waals surface area contributed by atoms with Crippen LogP contribution in [0.2, 0.25) is 0 Å². The minimum Gasteiger partial charge on any atom is -0.478 e. The summed E-state index contributed by atoms with van der Waals surface area (Å²) in [5.41, 5.74) is -0.0790. The number of nitrogens with one attached hydrogen (secondary N) is 2. The van der Waals surface area contributed by atoms with E-state index >= 15 is 0 Å². The van der Waals surface area contributed by atoms with Crippen LogP contribution >= 0.6 is 0 Å². The maximum absolute atomic E-state index is 11.6. The van der Waals surface area contributed by atoms with Gasteiger partial charge in [0, 0.05) is 0 Å². The normalized spacial score (nSPS) is 10.9. The zero-order valence-corrected chi connectivity index (χ0v) is 11.6. The van der Waals surface area contributed by atoms with Gasteiger partial charge in [0.2, 0.25) is 0 Å². The van der Waals surface area contributed by atoms with Crippen molar-refractivity contribution in [2.45, 2.75) is 20.0 Å². The number of benzene rings is 1. The van der Waals surface area contributed by atoms with Gasteiger partial charge in [0.05, 0.1) is 17.4 Å². The molecule has 9 heteroatoms. The zero-order chi connectivity index (χ0) is 15.3. The molecule has 20 heavy (non-hydrogen) atoms. The number of rotatable bonds is 5. The number of hydrogen-bond acceptors (Lipinski definition) is 5. The van der Waals surface area contributed by atoms with Gasteiger partial charge in [0.25, 0.3) is 0 Å². The van der Waals surface area contributed by atoms with Crippen molar-refractivity contribution in [2.75, 3.05) is 4.72 Å². The number of hydrogen-bond donors (Lipinski definition) is 3. The number of carboxylic acids is 1. The van der Waals surface area contributed by atoms with Crippen LogP contribution in [0.5, 0.6) is 0 Å². The molecule has 0 fully saturated rings. The highest BCUT2D eigenvalue weighted by Gasteiger charge is 2.16. The fourth-order valence-electron chi connectivity index (χ4n) is 1.24. The van der Waals surface area contributed by atoms with Gasteiger partial charge in [0.15, 0.2) is 0 Å². The van der Waals surface area contributed by atoms with E-state index in [1.54, 1.807) is 18.6 Å². The predicted octanol–water partition coefficient (Wildman–Crippen LogP) is 1.18. The number of amides is 1. The molecule has 0 unspecified atom stereocenters. The fraction of sp³-hybridized carbons (Fsp3) is 0.273. The van der Waals surface area contributed by atoms with Crippen molar-refractivity contribution in [1.29, 1.82) is 0 Å². The fourth-order valence-corrected chi connectivity index (χ4v) is 2.00. The first kappa shape index (κ1) is 15.8. The first-order chi connectivity index (χ1) is 9.19. The summed E-state index contributed by atoms with van der Waals surface area (Å²) in [5, 5.41) is 8.79. The summed E-state index contributed by atoms with van der Waals surface area (Å²) >= 11 is 0. The zero-order valence-electron chi connectivity index (χ0n) is 10.8. The molecular weight excluding hydrogens is 288 g/mol. The van der Waals surface area contributed by atoms with Gasteiger partial charge in [-0.1, -0.05) is 6.07 Å². The van der Waals surface area contributed by atoms with Gasteiger partial charge >= 0.3 is 22.3 Å². The Balaban J connectivity index is 2.78. The van der Waals surface area contributed by atoms with Crippen molar-refractivity contribution in [1.82, 2.24) is 4.72 Å². The van der Waals surface area contributed by atoms with E-state index in [0.29, 0.717) is 0 Å². The number of ether oxygens (including phenoxy) is 1. The summed E-state index contributed by atoms with van der Waals surface area (Å²) < 4.78 is 31.5. The summed E-state index contributed by atoms with van der Waals surface area (Å²) in [6, 6.07) is 5.14. The summed E-state index contributed by atoms with van der Waals surface area (Å²) in [7, 11) is -4.19. The Hall–Kier alpha value is -2.29. The monoisotopic (exact) mass is 302 g/mol. The number of aromatic carboxylic acids is 1. The van der Waals surface area contributed by atoms with Crippen molar-refractivity contribution >= 4 is 28.0 Å². The van der Waals surface area contributed by atoms with Gasteiger partial charge < -0.3 is 9.84 Å². The van der Waals surface area contributed by atoms with E-state index in [9.17, 15) is 18.0 Å². The molecule has 1 amide bonds. The van der Waals surface area contributed by atoms with Crippen LogP contribution in [0.1, 0.15) is 24.2 Å². The van der Waals surface area contributed by atoms with E-state index in [-0.39, 0.29) is 11.3 Å². The lowest BCUT2D eigenvalue weighted by atomic mass is 10.2. The molecular formula is C11H14N2O6S. The van der Waals surface area contributed by atoms with E-state index in [4.69, 9.17) is 5.11 Å². The topological polar surface area (TPSA) is 122 Å². The molecule has 1 aromatic carbocycles. The van der Waals surface area contributed by atoms with Crippen LogP contribution in [0.3, 0.4) is 0 Å². The van der Waals surface area contributed by atoms with E-state index in [2.05, 4.69) is 4.74 Å². The van der Waals surface area contributed by atoms with Crippen molar-refractivity contribution in [3.63, 3.8) is 0 Å². The largest absolute Gasteiger partial charge is 0.478 e. The van der Waals surface area contributed by atoms with E-state index in [1.165, 1.54) is 18.2 Å². The Morgan fingerprint density at radius 3 is 2.50 bits per heavy atom. The first-order valence-electron chi connectivity index (χ1n) is 5.54. The highest BCUT2D eigenvalue weighted by atomic mass is 32.2. The van der Waals surface area contributed by atoms with Crippen LogP contribution in [0.15, 0.2) is 24.3 Å². The second-order valence-electron chi connectivity index (χ2n) is 4.05. The summed E-state index contributed by atoms with van der Waals surface area (Å²) in [5.74, 6) is -1.20. The molecule has 110 valence electrons. The Labute approximate surface area is 115 Å². The summed E-state index contributed by atoms with van der Waals surface area (Å²) in [6.45, 7) is 3.13. The second-order valence-corrected chi connectivity index (χ2v) is 5.46. The third kappa shape index (κ3) is 5.14. The summed E-state index contributed by atoms with van der Waals surface area (Å²) in [4.78, 5) is 21.9. The Morgan fingerprint density at radius 2 is 1.95 bits per heavy atom. The van der Waals surface area contributed by atoms with Gasteiger partial charge in [-0.05, 0) is 32.0 Å². The third-order valence-electron chi connectivity index (χ3n) is 1.92. The lowest BCUT2D eigenvalue weighted by molar-refractivity contribution is 0.0696. The molecule has 0 atom stereocenters. The van der Waals surface area contributed by atoms with Crippen molar-refractivity contribution < 1.29 is 27.9 Å². The van der Waals surface area contributed by atoms with Gasteiger partial charge in [-0.3, -0.25) is 4.72 Å². The minimum atomic E-state index is -4.19. The number of carbonyl (C=O) groups excluding carboxylic acids is 1. The van der Waals surface area contributed by atoms with E-state index < -0.39 is 28.4 Å². The summed E-state index contributed by atoms with van der Waals surface area (Å²) in [6.07, 6.45) is -1.59. The molecule has 0 aliphatic heterocycles. The lowest BCUT2D eigenvalue weighted by Gasteiger charge is -2.11. The highest BCUT2D eigenvalue weighted by molar-refractivity contribution is 7.91. The Kier molecular flexibility index (Phi) is 4.92. The molecule has 3 N–H and O–H groups in total. The van der Waals surface area contributed by atoms with Crippen LogP contribution in [-0.4, -0.2) is 31.7 Å². The Morgan fingerprint density at radius 1 is 1.30 bits per heavy atom. The molecule has 0 aliphatic rings. The predicted molar refractivity (Wildman–Crippen MR) is 70.7 cm³/mol. The molecule has 0 aliphatic carbocycles. The van der Waals surface area contributed by atoms with Crippen molar-refractivity contribution in [3.8, 4) is 0 Å². The maximum atomic E-state index is 11.6. The van der Waals surface area contributed by atoms with Gasteiger partial charge in [-0.15, -0.1) is 0 Å². The standard InChI is InChI=1S/C11H14N2O6S/c1-7(2)19-11(16)13-20(17,18)12-9-5-3-4-8(6-9)10(14)15/h3-7,12H,1-2H3,(H,13,16)(H,14,15). The van der Waals surface area contributed by atoms with E-state index in [0.717, 1.165) is 6.07 Å². The lowest BCUT2D eigenvalue weighted by Crippen LogP contribution is -2.36. The van der Waals surface area contributed by atoms with Gasteiger partial charge in [-0.2, -0.15) is 8.42 Å². The highest BCUT2D eigenvalue weighted by Crippen LogP contribution is 2.11.